The minimum absolute atomic E-state index is 0.293. The molecule has 0 saturated heterocycles. The Morgan fingerprint density at radius 2 is 1.84 bits per heavy atom. The molecule has 0 aromatic heterocycles. The number of nitrogens with one attached hydrogen (secondary N) is 1. The number of amides is 1. The van der Waals surface area contributed by atoms with Gasteiger partial charge in [0.1, 0.15) is 5.82 Å². The molecule has 2 aromatic rings. The lowest BCUT2D eigenvalue weighted by molar-refractivity contribution is -0.129. The van der Waals surface area contributed by atoms with E-state index in [4.69, 9.17) is 4.74 Å². The first-order valence-corrected chi connectivity index (χ1v) is 9.10. The second-order valence-corrected chi connectivity index (χ2v) is 6.26. The molecular weight excluding hydrogens is 341 g/mol. The molecular formula is C19H20FNO3S. The topological polar surface area (TPSA) is 55.4 Å². The second-order valence-electron chi connectivity index (χ2n) is 5.42. The summed E-state index contributed by atoms with van der Waals surface area (Å²) in [4.78, 5) is 25.1. The number of hydrogen-bond donors (Lipinski definition) is 1. The summed E-state index contributed by atoms with van der Waals surface area (Å²) < 4.78 is 18.1. The van der Waals surface area contributed by atoms with E-state index in [1.54, 1.807) is 24.3 Å². The fourth-order valence-electron chi connectivity index (χ4n) is 2.22. The monoisotopic (exact) mass is 361 g/mol. The molecule has 0 spiro atoms. The summed E-state index contributed by atoms with van der Waals surface area (Å²) in [6, 6.07) is 13.2. The Labute approximate surface area is 150 Å². The largest absolute Gasteiger partial charge is 0.449 e. The van der Waals surface area contributed by atoms with Gasteiger partial charge in [0.25, 0.3) is 5.91 Å². The third kappa shape index (κ3) is 5.60. The molecule has 0 aliphatic rings. The Kier molecular flexibility index (Phi) is 7.01. The lowest BCUT2D eigenvalue weighted by Crippen LogP contribution is -2.37. The highest BCUT2D eigenvalue weighted by Crippen LogP contribution is 2.21. The molecule has 0 unspecified atom stereocenters. The number of esters is 1. The van der Waals surface area contributed by atoms with Crippen molar-refractivity contribution < 1.29 is 18.7 Å². The van der Waals surface area contributed by atoms with Crippen molar-refractivity contribution in [2.24, 2.45) is 0 Å². The van der Waals surface area contributed by atoms with Crippen molar-refractivity contribution in [3.8, 4) is 0 Å². The molecule has 1 N–H and O–H groups in total. The van der Waals surface area contributed by atoms with Crippen LogP contribution in [-0.4, -0.2) is 30.8 Å². The normalized spacial score (nSPS) is 11.6. The molecule has 0 saturated carbocycles. The molecule has 0 aliphatic carbocycles. The lowest BCUT2D eigenvalue weighted by atomic mass is 10.1. The van der Waals surface area contributed by atoms with Crippen molar-refractivity contribution >= 4 is 23.6 Å². The smallest absolute Gasteiger partial charge is 0.340 e. The predicted molar refractivity (Wildman–Crippen MR) is 96.2 cm³/mol. The van der Waals surface area contributed by atoms with Gasteiger partial charge in [0.2, 0.25) is 0 Å². The van der Waals surface area contributed by atoms with Crippen LogP contribution in [0.3, 0.4) is 0 Å². The third-order valence-corrected chi connectivity index (χ3v) is 4.40. The van der Waals surface area contributed by atoms with Gasteiger partial charge in [-0.3, -0.25) is 4.79 Å². The Morgan fingerprint density at radius 1 is 1.16 bits per heavy atom. The molecule has 2 rings (SSSR count). The number of benzene rings is 2. The van der Waals surface area contributed by atoms with Gasteiger partial charge in [-0.25, -0.2) is 9.18 Å². The summed E-state index contributed by atoms with van der Waals surface area (Å²) in [5, 5.41) is 2.72. The molecule has 0 radical (unpaired) electrons. The number of carbonyl (C=O) groups is 2. The van der Waals surface area contributed by atoms with E-state index in [0.29, 0.717) is 18.5 Å². The van der Waals surface area contributed by atoms with Crippen LogP contribution >= 0.6 is 11.8 Å². The second kappa shape index (κ2) is 9.22. The molecule has 0 bridgehead atoms. The zero-order valence-electron chi connectivity index (χ0n) is 14.1. The van der Waals surface area contributed by atoms with Gasteiger partial charge in [0.05, 0.1) is 5.56 Å². The lowest BCUT2D eigenvalue weighted by Gasteiger charge is -2.14. The van der Waals surface area contributed by atoms with E-state index in [1.165, 1.54) is 30.8 Å². The number of halogens is 1. The Morgan fingerprint density at radius 3 is 2.52 bits per heavy atom. The molecule has 6 heteroatoms. The average molecular weight is 361 g/mol. The Bertz CT molecular complexity index is 734. The van der Waals surface area contributed by atoms with Crippen LogP contribution in [0.15, 0.2) is 53.4 Å². The van der Waals surface area contributed by atoms with Gasteiger partial charge in [-0.05, 0) is 49.4 Å². The van der Waals surface area contributed by atoms with Crippen molar-refractivity contribution in [1.29, 1.82) is 0 Å². The SMILES string of the molecule is CSc1ccccc1C(=O)O[C@@H](C)C(=O)NCCc1ccc(F)cc1. The van der Waals surface area contributed by atoms with Gasteiger partial charge in [-0.2, -0.15) is 0 Å². The number of thioether (sulfide) groups is 1. The van der Waals surface area contributed by atoms with Gasteiger partial charge >= 0.3 is 5.97 Å². The maximum absolute atomic E-state index is 12.8. The van der Waals surface area contributed by atoms with Crippen LogP contribution in [0.4, 0.5) is 4.39 Å². The van der Waals surface area contributed by atoms with Crippen LogP contribution in [-0.2, 0) is 16.0 Å². The van der Waals surface area contributed by atoms with E-state index in [9.17, 15) is 14.0 Å². The molecule has 2 aromatic carbocycles. The minimum atomic E-state index is -0.893. The van der Waals surface area contributed by atoms with E-state index < -0.39 is 12.1 Å². The van der Waals surface area contributed by atoms with Gasteiger partial charge in [0.15, 0.2) is 6.10 Å². The van der Waals surface area contributed by atoms with Crippen molar-refractivity contribution in [3.05, 3.63) is 65.5 Å². The van der Waals surface area contributed by atoms with Crippen LogP contribution in [0.2, 0.25) is 0 Å². The summed E-state index contributed by atoms with van der Waals surface area (Å²) >= 11 is 1.44. The maximum Gasteiger partial charge on any atom is 0.340 e. The van der Waals surface area contributed by atoms with E-state index in [1.807, 2.05) is 18.4 Å². The van der Waals surface area contributed by atoms with Crippen LogP contribution in [0.25, 0.3) is 0 Å². The Hall–Kier alpha value is -2.34. The standard InChI is InChI=1S/C19H20FNO3S/c1-13(24-19(23)16-5-3-4-6-17(16)25-2)18(22)21-12-11-14-7-9-15(20)10-8-14/h3-10,13H,11-12H2,1-2H3,(H,21,22)/t13-/m0/s1. The maximum atomic E-state index is 12.8. The van der Waals surface area contributed by atoms with Gasteiger partial charge in [-0.15, -0.1) is 11.8 Å². The molecule has 0 aliphatic heterocycles. The third-order valence-electron chi connectivity index (χ3n) is 3.61. The number of carbonyl (C=O) groups excluding carboxylic acids is 2. The zero-order valence-corrected chi connectivity index (χ0v) is 14.9. The van der Waals surface area contributed by atoms with Crippen LogP contribution in [0.1, 0.15) is 22.8 Å². The summed E-state index contributed by atoms with van der Waals surface area (Å²) in [6.07, 6.45) is 1.55. The molecule has 4 nitrogen and oxygen atoms in total. The zero-order chi connectivity index (χ0) is 18.2. The van der Waals surface area contributed by atoms with Gasteiger partial charge in [-0.1, -0.05) is 24.3 Å². The van der Waals surface area contributed by atoms with Crippen molar-refractivity contribution in [2.75, 3.05) is 12.8 Å². The molecule has 1 atom stereocenters. The number of ether oxygens (including phenoxy) is 1. The summed E-state index contributed by atoms with van der Waals surface area (Å²) in [5.74, 6) is -1.18. The molecule has 0 heterocycles. The van der Waals surface area contributed by atoms with Crippen molar-refractivity contribution in [2.45, 2.75) is 24.3 Å². The number of hydrogen-bond acceptors (Lipinski definition) is 4. The van der Waals surface area contributed by atoms with Crippen molar-refractivity contribution in [3.63, 3.8) is 0 Å². The highest BCUT2D eigenvalue weighted by Gasteiger charge is 2.20. The predicted octanol–water partition coefficient (Wildman–Crippen LogP) is 3.45. The van der Waals surface area contributed by atoms with Crippen LogP contribution in [0, 0.1) is 5.82 Å². The van der Waals surface area contributed by atoms with E-state index in [2.05, 4.69) is 5.32 Å². The van der Waals surface area contributed by atoms with Crippen LogP contribution in [0.5, 0.6) is 0 Å². The molecule has 1 amide bonds. The highest BCUT2D eigenvalue weighted by atomic mass is 32.2. The molecule has 0 fully saturated rings. The Balaban J connectivity index is 1.83. The molecule has 25 heavy (non-hydrogen) atoms. The summed E-state index contributed by atoms with van der Waals surface area (Å²) in [7, 11) is 0. The average Bonchev–Trinajstić information content (AvgIpc) is 2.63. The summed E-state index contributed by atoms with van der Waals surface area (Å²) in [6.45, 7) is 1.92. The van der Waals surface area contributed by atoms with E-state index in [0.717, 1.165) is 10.5 Å². The first kappa shape index (κ1) is 19.0. The minimum Gasteiger partial charge on any atom is -0.449 e. The fourth-order valence-corrected chi connectivity index (χ4v) is 2.80. The summed E-state index contributed by atoms with van der Waals surface area (Å²) in [5.41, 5.74) is 1.36. The first-order valence-electron chi connectivity index (χ1n) is 7.87. The number of rotatable bonds is 7. The van der Waals surface area contributed by atoms with Gasteiger partial charge < -0.3 is 10.1 Å². The van der Waals surface area contributed by atoms with Crippen LogP contribution < -0.4 is 5.32 Å². The molecule has 132 valence electrons. The highest BCUT2D eigenvalue weighted by molar-refractivity contribution is 7.98. The fraction of sp³-hybridized carbons (Fsp3) is 0.263. The first-order chi connectivity index (χ1) is 12.0. The van der Waals surface area contributed by atoms with E-state index >= 15 is 0 Å². The van der Waals surface area contributed by atoms with Gasteiger partial charge in [0, 0.05) is 11.4 Å². The van der Waals surface area contributed by atoms with Crippen molar-refractivity contribution in [1.82, 2.24) is 5.32 Å². The quantitative estimate of drug-likeness (QED) is 0.606. The van der Waals surface area contributed by atoms with E-state index in [-0.39, 0.29) is 11.7 Å².